The van der Waals surface area contributed by atoms with Gasteiger partial charge in [-0.15, -0.1) is 0 Å². The van der Waals surface area contributed by atoms with Gasteiger partial charge in [-0.05, 0) is 194 Å². The Morgan fingerprint density at radius 2 is 0.718 bits per heavy atom. The highest BCUT2D eigenvalue weighted by molar-refractivity contribution is 5.66. The molecule has 0 bridgehead atoms. The van der Waals surface area contributed by atoms with Gasteiger partial charge in [-0.2, -0.15) is 0 Å². The molecule has 0 saturated heterocycles. The fourth-order valence-corrected chi connectivity index (χ4v) is 12.6. The smallest absolute Gasteiger partial charge is 0.0249 e. The predicted octanol–water partition coefficient (Wildman–Crippen LogP) is 20.7. The number of hydrogen-bond donors (Lipinski definition) is 0. The van der Waals surface area contributed by atoms with Crippen molar-refractivity contribution in [2.45, 2.75) is 214 Å². The summed E-state index contributed by atoms with van der Waals surface area (Å²) in [7, 11) is 0. The lowest BCUT2D eigenvalue weighted by atomic mass is 9.71. The summed E-state index contributed by atoms with van der Waals surface area (Å²) in [5, 5.41) is 0. The molecule has 2 atom stereocenters. The van der Waals surface area contributed by atoms with Crippen LogP contribution in [0.5, 0.6) is 0 Å². The van der Waals surface area contributed by atoms with Gasteiger partial charge >= 0.3 is 0 Å². The summed E-state index contributed by atoms with van der Waals surface area (Å²) in [6.07, 6.45) is 44.3. The van der Waals surface area contributed by atoms with Crippen molar-refractivity contribution in [2.75, 3.05) is 0 Å². The van der Waals surface area contributed by atoms with Crippen LogP contribution < -0.4 is 0 Å². The largest absolute Gasteiger partial charge is 0.0726 e. The Morgan fingerprint density at radius 1 is 0.338 bits per heavy atom. The van der Waals surface area contributed by atoms with Crippen molar-refractivity contribution in [3.8, 4) is 45.9 Å². The topological polar surface area (TPSA) is 0 Å². The van der Waals surface area contributed by atoms with Crippen LogP contribution in [0.1, 0.15) is 223 Å². The lowest BCUT2D eigenvalue weighted by Crippen LogP contribution is -2.23. The molecule has 0 aliphatic heterocycles. The Labute approximate surface area is 435 Å². The van der Waals surface area contributed by atoms with Gasteiger partial charge in [0, 0.05) is 11.1 Å². The third-order valence-electron chi connectivity index (χ3n) is 17.4. The van der Waals surface area contributed by atoms with Crippen LogP contribution in [-0.4, -0.2) is 0 Å². The van der Waals surface area contributed by atoms with Crippen LogP contribution in [-0.2, 0) is 12.8 Å². The average molecular weight is 948 g/mol. The minimum absolute atomic E-state index is 0.907. The van der Waals surface area contributed by atoms with E-state index >= 15 is 0 Å². The van der Waals surface area contributed by atoms with Gasteiger partial charge in [0.15, 0.2) is 0 Å². The molecule has 378 valence electrons. The second kappa shape index (κ2) is 30.5. The number of allylic oxidation sites excluding steroid dienone is 4. The zero-order chi connectivity index (χ0) is 49.3. The Morgan fingerprint density at radius 3 is 1.07 bits per heavy atom. The van der Waals surface area contributed by atoms with E-state index < -0.39 is 0 Å². The van der Waals surface area contributed by atoms with Crippen LogP contribution in [0.25, 0.3) is 22.3 Å². The standard InChI is InChI=1S/C36H48.C35H46/c1-3-5-7-8-10-30-15-23-34(24-16-30)36-27-19-32(20-28-36)12-11-31-17-25-35(26-18-31)33-21-13-29(14-22-33)9-6-4-2;1-3-5-6-7-9-29-14-22-33(23-15-29)35-26-18-31(19-27-35)11-10-30-16-24-34(25-17-30)32-20-12-28(8-4-2)13-21-32/h15-17,19-20,23-24,27-29,33,35H,3-10,13-14,18,21-22,25-26H2,1-2H3;14-16,18-19,22-23,26-28,32,34H,3-9,12-13,17,20-21,24-25H2,1-2H3. The normalized spacial score (nSPS) is 22.1. The molecule has 8 rings (SSSR count). The predicted molar refractivity (Wildman–Crippen MR) is 309 cm³/mol. The molecule has 4 aromatic rings. The van der Waals surface area contributed by atoms with Crippen molar-refractivity contribution in [1.82, 2.24) is 0 Å². The number of unbranched alkanes of at least 4 members (excludes halogenated alkanes) is 7. The van der Waals surface area contributed by atoms with Crippen LogP contribution in [0.3, 0.4) is 0 Å². The van der Waals surface area contributed by atoms with E-state index in [2.05, 4.69) is 161 Å². The molecule has 2 fully saturated rings. The molecule has 0 N–H and O–H groups in total. The van der Waals surface area contributed by atoms with Gasteiger partial charge in [0.05, 0.1) is 0 Å². The second-order valence-electron chi connectivity index (χ2n) is 22.7. The van der Waals surface area contributed by atoms with Gasteiger partial charge in [-0.1, -0.05) is 233 Å². The molecule has 0 heteroatoms. The summed E-state index contributed by atoms with van der Waals surface area (Å²) in [6.45, 7) is 9.20. The second-order valence-corrected chi connectivity index (χ2v) is 22.7. The molecule has 71 heavy (non-hydrogen) atoms. The SMILES string of the molecule is CCCCCCc1ccc(-c2ccc(C#CC3=CCC(C4CCC(CCC)CC4)CC3)cc2)cc1.CCCCCCc1ccc(-c2ccc(C#CC3=CCC(C4CCC(CCCC)CC4)CC3)cc2)cc1. The highest BCUT2D eigenvalue weighted by atomic mass is 14.3. The summed E-state index contributed by atoms with van der Waals surface area (Å²) >= 11 is 0. The molecule has 0 heterocycles. The fourth-order valence-electron chi connectivity index (χ4n) is 12.6. The van der Waals surface area contributed by atoms with Crippen molar-refractivity contribution in [3.63, 3.8) is 0 Å². The Kier molecular flexibility index (Phi) is 23.3. The Bertz CT molecular complexity index is 2290. The maximum Gasteiger partial charge on any atom is 0.0249 e. The van der Waals surface area contributed by atoms with Gasteiger partial charge in [-0.25, -0.2) is 0 Å². The first-order valence-electron chi connectivity index (χ1n) is 29.8. The van der Waals surface area contributed by atoms with E-state index in [1.165, 1.54) is 231 Å². The van der Waals surface area contributed by atoms with Gasteiger partial charge in [-0.3, -0.25) is 0 Å². The summed E-state index contributed by atoms with van der Waals surface area (Å²) in [5.74, 6) is 19.6. The molecular formula is C71H94. The molecule has 4 aromatic carbocycles. The lowest BCUT2D eigenvalue weighted by molar-refractivity contribution is 0.186. The zero-order valence-corrected chi connectivity index (χ0v) is 45.4. The highest BCUT2D eigenvalue weighted by Crippen LogP contribution is 2.42. The molecule has 0 nitrogen and oxygen atoms in total. The van der Waals surface area contributed by atoms with Crippen LogP contribution in [0.2, 0.25) is 0 Å². The number of rotatable bonds is 19. The summed E-state index contributed by atoms with van der Waals surface area (Å²) < 4.78 is 0. The molecule has 0 amide bonds. The fraction of sp³-hybridized carbons (Fsp3) is 0.549. The molecule has 0 aromatic heterocycles. The lowest BCUT2D eigenvalue weighted by Gasteiger charge is -2.35. The maximum absolute atomic E-state index is 3.50. The van der Waals surface area contributed by atoms with Crippen molar-refractivity contribution in [1.29, 1.82) is 0 Å². The third kappa shape index (κ3) is 18.2. The van der Waals surface area contributed by atoms with Crippen molar-refractivity contribution < 1.29 is 0 Å². The quantitative estimate of drug-likeness (QED) is 0.0649. The van der Waals surface area contributed by atoms with Crippen LogP contribution in [0, 0.1) is 59.2 Å². The van der Waals surface area contributed by atoms with Crippen molar-refractivity contribution in [3.05, 3.63) is 143 Å². The van der Waals surface area contributed by atoms with Gasteiger partial charge in [0.2, 0.25) is 0 Å². The monoisotopic (exact) mass is 947 g/mol. The van der Waals surface area contributed by atoms with Crippen LogP contribution in [0.4, 0.5) is 0 Å². The van der Waals surface area contributed by atoms with E-state index in [-0.39, 0.29) is 0 Å². The third-order valence-corrected chi connectivity index (χ3v) is 17.4. The van der Waals surface area contributed by atoms with E-state index in [0.717, 1.165) is 46.6 Å². The van der Waals surface area contributed by atoms with E-state index in [4.69, 9.17) is 0 Å². The first kappa shape index (κ1) is 54.3. The number of benzene rings is 4. The molecular weight excluding hydrogens is 853 g/mol. The molecule has 2 saturated carbocycles. The van der Waals surface area contributed by atoms with E-state index in [9.17, 15) is 0 Å². The molecule has 4 aliphatic carbocycles. The van der Waals surface area contributed by atoms with Crippen molar-refractivity contribution in [2.24, 2.45) is 35.5 Å². The first-order chi connectivity index (χ1) is 35.0. The minimum Gasteiger partial charge on any atom is -0.0726 e. The first-order valence-corrected chi connectivity index (χ1v) is 29.8. The van der Waals surface area contributed by atoms with Gasteiger partial charge in [0.1, 0.15) is 0 Å². The molecule has 4 aliphatic rings. The van der Waals surface area contributed by atoms with E-state index in [1.54, 1.807) is 0 Å². The minimum atomic E-state index is 0.907. The van der Waals surface area contributed by atoms with Crippen molar-refractivity contribution >= 4 is 0 Å². The zero-order valence-electron chi connectivity index (χ0n) is 45.4. The Hall–Kier alpha value is -4.52. The maximum atomic E-state index is 3.50. The highest BCUT2D eigenvalue weighted by Gasteiger charge is 2.29. The molecule has 2 unspecified atom stereocenters. The van der Waals surface area contributed by atoms with Crippen LogP contribution in [0.15, 0.2) is 120 Å². The summed E-state index contributed by atoms with van der Waals surface area (Å²) in [6, 6.07) is 35.9. The molecule has 0 spiro atoms. The number of hydrogen-bond acceptors (Lipinski definition) is 0. The van der Waals surface area contributed by atoms with E-state index in [1.807, 2.05) is 0 Å². The van der Waals surface area contributed by atoms with Gasteiger partial charge in [0.25, 0.3) is 0 Å². The molecule has 0 radical (unpaired) electrons. The summed E-state index contributed by atoms with van der Waals surface area (Å²) in [4.78, 5) is 0. The van der Waals surface area contributed by atoms with Gasteiger partial charge < -0.3 is 0 Å². The average Bonchev–Trinajstić information content (AvgIpc) is 3.43. The van der Waals surface area contributed by atoms with E-state index in [0.29, 0.717) is 0 Å². The Balaban J connectivity index is 0.000000209. The van der Waals surface area contributed by atoms with Crippen LogP contribution >= 0.6 is 0 Å². The number of aryl methyl sites for hydroxylation is 2. The summed E-state index contributed by atoms with van der Waals surface area (Å²) in [5.41, 5.74) is 13.0.